The third-order valence-corrected chi connectivity index (χ3v) is 4.59. The molecule has 1 aliphatic heterocycles. The number of carboxylic acid groups (broad SMARTS) is 2. The van der Waals surface area contributed by atoms with Gasteiger partial charge >= 0.3 is 11.9 Å². The van der Waals surface area contributed by atoms with Crippen molar-refractivity contribution in [1.82, 2.24) is 4.90 Å². The standard InChI is InChI=1S/C19H33NO5/c1-15(2)7-6-9-17(19(23)24)16(18(21)22)8-4-3-5-10-20-11-13-25-14-12-20/h15H,3-14H2,1-2H3,(H,21,22)(H,23,24)/b17-16+. The van der Waals surface area contributed by atoms with Gasteiger partial charge in [0.15, 0.2) is 0 Å². The second-order valence-electron chi connectivity index (χ2n) is 7.12. The van der Waals surface area contributed by atoms with Crippen molar-refractivity contribution in [3.63, 3.8) is 0 Å². The second-order valence-corrected chi connectivity index (χ2v) is 7.12. The summed E-state index contributed by atoms with van der Waals surface area (Å²) in [6.07, 6.45) is 4.92. The van der Waals surface area contributed by atoms with Crippen molar-refractivity contribution in [2.75, 3.05) is 32.8 Å². The molecule has 0 amide bonds. The van der Waals surface area contributed by atoms with Crippen molar-refractivity contribution < 1.29 is 24.5 Å². The highest BCUT2D eigenvalue weighted by Crippen LogP contribution is 2.21. The average molecular weight is 355 g/mol. The highest BCUT2D eigenvalue weighted by molar-refractivity contribution is 5.98. The van der Waals surface area contributed by atoms with E-state index in [0.717, 1.165) is 52.1 Å². The minimum Gasteiger partial charge on any atom is -0.478 e. The number of carboxylic acids is 2. The molecule has 1 saturated heterocycles. The minimum atomic E-state index is -1.09. The molecule has 25 heavy (non-hydrogen) atoms. The Hall–Kier alpha value is -1.40. The number of hydrogen-bond acceptors (Lipinski definition) is 4. The first-order valence-corrected chi connectivity index (χ1v) is 9.40. The third kappa shape index (κ3) is 9.02. The molecule has 0 radical (unpaired) electrons. The summed E-state index contributed by atoms with van der Waals surface area (Å²) in [6, 6.07) is 0. The van der Waals surface area contributed by atoms with Gasteiger partial charge in [0.05, 0.1) is 13.2 Å². The highest BCUT2D eigenvalue weighted by Gasteiger charge is 2.19. The van der Waals surface area contributed by atoms with Crippen molar-refractivity contribution in [1.29, 1.82) is 0 Å². The smallest absolute Gasteiger partial charge is 0.332 e. The van der Waals surface area contributed by atoms with E-state index in [1.54, 1.807) is 0 Å². The van der Waals surface area contributed by atoms with Gasteiger partial charge in [0, 0.05) is 24.2 Å². The molecule has 0 bridgehead atoms. The molecule has 1 fully saturated rings. The maximum atomic E-state index is 11.5. The van der Waals surface area contributed by atoms with Crippen molar-refractivity contribution in [3.8, 4) is 0 Å². The fourth-order valence-corrected chi connectivity index (χ4v) is 3.10. The van der Waals surface area contributed by atoms with Crippen LogP contribution in [0.5, 0.6) is 0 Å². The molecule has 1 aliphatic rings. The molecule has 0 saturated carbocycles. The molecule has 0 atom stereocenters. The second kappa shape index (κ2) is 12.0. The van der Waals surface area contributed by atoms with E-state index < -0.39 is 11.9 Å². The zero-order valence-electron chi connectivity index (χ0n) is 15.6. The monoisotopic (exact) mass is 355 g/mol. The molecule has 0 aliphatic carbocycles. The number of hydrogen-bond donors (Lipinski definition) is 2. The molecule has 144 valence electrons. The summed E-state index contributed by atoms with van der Waals surface area (Å²) in [5, 5.41) is 18.8. The van der Waals surface area contributed by atoms with Gasteiger partial charge < -0.3 is 14.9 Å². The van der Waals surface area contributed by atoms with Gasteiger partial charge in [-0.05, 0) is 44.6 Å². The first-order valence-electron chi connectivity index (χ1n) is 9.40. The van der Waals surface area contributed by atoms with Crippen LogP contribution in [0.3, 0.4) is 0 Å². The molecule has 0 aromatic rings. The number of nitrogens with zero attached hydrogens (tertiary/aromatic N) is 1. The van der Waals surface area contributed by atoms with Gasteiger partial charge in [0.25, 0.3) is 0 Å². The Bertz CT molecular complexity index is 453. The minimum absolute atomic E-state index is 0.0846. The molecule has 0 unspecified atom stereocenters. The Labute approximate surface area is 150 Å². The zero-order valence-corrected chi connectivity index (χ0v) is 15.6. The predicted molar refractivity (Wildman–Crippen MR) is 96.7 cm³/mol. The van der Waals surface area contributed by atoms with Crippen LogP contribution >= 0.6 is 0 Å². The molecule has 0 aromatic carbocycles. The lowest BCUT2D eigenvalue weighted by Gasteiger charge is -2.26. The van der Waals surface area contributed by atoms with Gasteiger partial charge in [-0.25, -0.2) is 9.59 Å². The van der Waals surface area contributed by atoms with Crippen LogP contribution in [-0.2, 0) is 14.3 Å². The average Bonchev–Trinajstić information content (AvgIpc) is 2.56. The summed E-state index contributed by atoms with van der Waals surface area (Å²) < 4.78 is 5.31. The molecule has 0 spiro atoms. The predicted octanol–water partition coefficient (Wildman–Crippen LogP) is 3.17. The van der Waals surface area contributed by atoms with Crippen LogP contribution in [0.25, 0.3) is 0 Å². The Morgan fingerprint density at radius 1 is 0.920 bits per heavy atom. The molecular formula is C19H33NO5. The van der Waals surface area contributed by atoms with Crippen molar-refractivity contribution in [2.24, 2.45) is 5.92 Å². The Balaban J connectivity index is 2.45. The molecule has 6 heteroatoms. The Kier molecular flexibility index (Phi) is 10.4. The molecule has 0 aromatic heterocycles. The molecule has 1 heterocycles. The first-order chi connectivity index (χ1) is 11.9. The van der Waals surface area contributed by atoms with E-state index in [-0.39, 0.29) is 11.1 Å². The van der Waals surface area contributed by atoms with Crippen LogP contribution in [0.15, 0.2) is 11.1 Å². The Morgan fingerprint density at radius 2 is 1.48 bits per heavy atom. The van der Waals surface area contributed by atoms with Crippen LogP contribution in [0.1, 0.15) is 58.8 Å². The summed E-state index contributed by atoms with van der Waals surface area (Å²) >= 11 is 0. The molecule has 1 rings (SSSR count). The van der Waals surface area contributed by atoms with Crippen LogP contribution in [0, 0.1) is 5.92 Å². The van der Waals surface area contributed by atoms with E-state index >= 15 is 0 Å². The number of morpholine rings is 1. The molecule has 6 nitrogen and oxygen atoms in total. The van der Waals surface area contributed by atoms with Gasteiger partial charge in [-0.15, -0.1) is 0 Å². The van der Waals surface area contributed by atoms with E-state index in [0.29, 0.717) is 31.6 Å². The maximum Gasteiger partial charge on any atom is 0.332 e. The third-order valence-electron chi connectivity index (χ3n) is 4.59. The zero-order chi connectivity index (χ0) is 18.7. The van der Waals surface area contributed by atoms with Crippen LogP contribution in [-0.4, -0.2) is 59.9 Å². The number of unbranched alkanes of at least 4 members (excludes halogenated alkanes) is 2. The number of rotatable bonds is 12. The fraction of sp³-hybridized carbons (Fsp3) is 0.789. The molecule has 2 N–H and O–H groups in total. The largest absolute Gasteiger partial charge is 0.478 e. The first kappa shape index (κ1) is 21.6. The summed E-state index contributed by atoms with van der Waals surface area (Å²) in [4.78, 5) is 25.3. The van der Waals surface area contributed by atoms with Crippen LogP contribution < -0.4 is 0 Å². The van der Waals surface area contributed by atoms with E-state index in [1.807, 2.05) is 0 Å². The van der Waals surface area contributed by atoms with Crippen molar-refractivity contribution in [2.45, 2.75) is 58.8 Å². The summed E-state index contributed by atoms with van der Waals surface area (Å²) in [6.45, 7) is 8.64. The van der Waals surface area contributed by atoms with Crippen LogP contribution in [0.2, 0.25) is 0 Å². The van der Waals surface area contributed by atoms with Crippen molar-refractivity contribution in [3.05, 3.63) is 11.1 Å². The van der Waals surface area contributed by atoms with Gasteiger partial charge in [-0.2, -0.15) is 0 Å². The topological polar surface area (TPSA) is 87.1 Å². The maximum absolute atomic E-state index is 11.5. The number of ether oxygens (including phenoxy) is 1. The number of carbonyl (C=O) groups is 2. The lowest BCUT2D eigenvalue weighted by atomic mass is 9.95. The van der Waals surface area contributed by atoms with Crippen molar-refractivity contribution >= 4 is 11.9 Å². The van der Waals surface area contributed by atoms with Gasteiger partial charge in [0.1, 0.15) is 0 Å². The van der Waals surface area contributed by atoms with Crippen LogP contribution in [0.4, 0.5) is 0 Å². The quantitative estimate of drug-likeness (QED) is 0.413. The normalized spacial score (nSPS) is 16.8. The van der Waals surface area contributed by atoms with E-state index in [1.165, 1.54) is 0 Å². The van der Waals surface area contributed by atoms with E-state index in [2.05, 4.69) is 18.7 Å². The fourth-order valence-electron chi connectivity index (χ4n) is 3.10. The molecular weight excluding hydrogens is 322 g/mol. The van der Waals surface area contributed by atoms with Gasteiger partial charge in [0.2, 0.25) is 0 Å². The van der Waals surface area contributed by atoms with Gasteiger partial charge in [-0.1, -0.05) is 26.7 Å². The highest BCUT2D eigenvalue weighted by atomic mass is 16.5. The summed E-state index contributed by atoms with van der Waals surface area (Å²) in [5.74, 6) is -1.69. The van der Waals surface area contributed by atoms with E-state index in [9.17, 15) is 19.8 Å². The lowest BCUT2D eigenvalue weighted by Crippen LogP contribution is -2.36. The van der Waals surface area contributed by atoms with Gasteiger partial charge in [-0.3, -0.25) is 4.90 Å². The summed E-state index contributed by atoms with van der Waals surface area (Å²) in [5.41, 5.74) is 0.170. The summed E-state index contributed by atoms with van der Waals surface area (Å²) in [7, 11) is 0. The Morgan fingerprint density at radius 3 is 2.00 bits per heavy atom. The number of aliphatic carboxylic acids is 2. The lowest BCUT2D eigenvalue weighted by molar-refractivity contribution is -0.136. The SMILES string of the molecule is CC(C)CCC/C(C(=O)O)=C(/CCCCCN1CCOCC1)C(=O)O. The van der Waals surface area contributed by atoms with E-state index in [4.69, 9.17) is 4.74 Å².